The molecule has 0 amide bonds. The van der Waals surface area contributed by atoms with Gasteiger partial charge in [-0.2, -0.15) is 0 Å². The number of benzene rings is 1. The first kappa shape index (κ1) is 8.60. The number of hydrogen-bond acceptors (Lipinski definition) is 1. The van der Waals surface area contributed by atoms with Crippen molar-refractivity contribution in [1.82, 2.24) is 0 Å². The third-order valence-electron chi connectivity index (χ3n) is 1.42. The summed E-state index contributed by atoms with van der Waals surface area (Å²) >= 11 is 0. The maximum atomic E-state index is 3.15. The molecule has 0 aliphatic carbocycles. The average molecular weight is 159 g/mol. The van der Waals surface area contributed by atoms with Gasteiger partial charge < -0.3 is 5.32 Å². The summed E-state index contributed by atoms with van der Waals surface area (Å²) in [5.41, 5.74) is 1.11. The number of para-hydroxylation sites is 1. The maximum Gasteiger partial charge on any atom is 0.0379 e. The Bertz CT molecular complexity index is 260. The molecule has 0 unspecified atom stereocenters. The van der Waals surface area contributed by atoms with Crippen LogP contribution in [0.1, 0.15) is 6.92 Å². The van der Waals surface area contributed by atoms with Crippen LogP contribution in [-0.4, -0.2) is 0 Å². The summed E-state index contributed by atoms with van der Waals surface area (Å²) in [6.45, 7) is 1.99. The molecule has 1 N–H and O–H groups in total. The minimum atomic E-state index is 1.11. The summed E-state index contributed by atoms with van der Waals surface area (Å²) < 4.78 is 0. The number of anilines is 1. The molecule has 0 aromatic heterocycles. The van der Waals surface area contributed by atoms with Gasteiger partial charge in [0.1, 0.15) is 0 Å². The number of allylic oxidation sites excluding steroid dienone is 3. The molecule has 0 atom stereocenters. The zero-order valence-corrected chi connectivity index (χ0v) is 7.20. The SMILES string of the molecule is C/C=C\C=C/Nc1ccccc1. The van der Waals surface area contributed by atoms with E-state index in [1.165, 1.54) is 0 Å². The second kappa shape index (κ2) is 5.19. The van der Waals surface area contributed by atoms with Crippen molar-refractivity contribution >= 4 is 5.69 Å². The smallest absolute Gasteiger partial charge is 0.0379 e. The van der Waals surface area contributed by atoms with E-state index in [1.807, 2.05) is 61.7 Å². The predicted octanol–water partition coefficient (Wildman–Crippen LogP) is 3.19. The van der Waals surface area contributed by atoms with Crippen molar-refractivity contribution in [3.05, 3.63) is 54.8 Å². The van der Waals surface area contributed by atoms with Crippen molar-refractivity contribution in [3.8, 4) is 0 Å². The fourth-order valence-electron chi connectivity index (χ4n) is 0.845. The van der Waals surface area contributed by atoms with Crippen LogP contribution in [0.5, 0.6) is 0 Å². The molecule has 0 aliphatic heterocycles. The van der Waals surface area contributed by atoms with E-state index in [2.05, 4.69) is 5.32 Å². The van der Waals surface area contributed by atoms with Gasteiger partial charge in [0.25, 0.3) is 0 Å². The van der Waals surface area contributed by atoms with Crippen LogP contribution in [-0.2, 0) is 0 Å². The molecule has 0 saturated carbocycles. The summed E-state index contributed by atoms with van der Waals surface area (Å²) in [5.74, 6) is 0. The molecule has 0 radical (unpaired) electrons. The quantitative estimate of drug-likeness (QED) is 0.668. The van der Waals surface area contributed by atoms with Gasteiger partial charge in [-0.1, -0.05) is 30.4 Å². The molecule has 12 heavy (non-hydrogen) atoms. The molecule has 62 valence electrons. The zero-order valence-electron chi connectivity index (χ0n) is 7.20. The van der Waals surface area contributed by atoms with Crippen LogP contribution in [0.3, 0.4) is 0 Å². The summed E-state index contributed by atoms with van der Waals surface area (Å²) in [5, 5.41) is 3.15. The van der Waals surface area contributed by atoms with Crippen LogP contribution < -0.4 is 5.32 Å². The first-order chi connectivity index (χ1) is 5.93. The van der Waals surface area contributed by atoms with E-state index in [1.54, 1.807) is 0 Å². The Morgan fingerprint density at radius 1 is 1.08 bits per heavy atom. The third-order valence-corrected chi connectivity index (χ3v) is 1.42. The summed E-state index contributed by atoms with van der Waals surface area (Å²) in [6, 6.07) is 10.1. The molecule has 1 aromatic carbocycles. The minimum absolute atomic E-state index is 1.11. The summed E-state index contributed by atoms with van der Waals surface area (Å²) in [4.78, 5) is 0. The van der Waals surface area contributed by atoms with Gasteiger partial charge in [0.2, 0.25) is 0 Å². The Morgan fingerprint density at radius 2 is 1.83 bits per heavy atom. The molecule has 1 rings (SSSR count). The molecular formula is C11H13N. The molecule has 0 fully saturated rings. The second-order valence-electron chi connectivity index (χ2n) is 2.40. The Hall–Kier alpha value is -1.50. The van der Waals surface area contributed by atoms with Gasteiger partial charge in [0.15, 0.2) is 0 Å². The van der Waals surface area contributed by atoms with Crippen molar-refractivity contribution in [1.29, 1.82) is 0 Å². The molecule has 0 saturated heterocycles. The highest BCUT2D eigenvalue weighted by molar-refractivity contribution is 5.45. The standard InChI is InChI=1S/C11H13N/c1-2-3-7-10-12-11-8-5-4-6-9-11/h2-10,12H,1H3/b3-2-,10-7-. The lowest BCUT2D eigenvalue weighted by atomic mass is 10.3. The first-order valence-corrected chi connectivity index (χ1v) is 4.03. The fraction of sp³-hybridized carbons (Fsp3) is 0.0909. The lowest BCUT2D eigenvalue weighted by Crippen LogP contribution is -1.84. The first-order valence-electron chi connectivity index (χ1n) is 4.03. The van der Waals surface area contributed by atoms with Gasteiger partial charge >= 0.3 is 0 Å². The van der Waals surface area contributed by atoms with Gasteiger partial charge in [-0.15, -0.1) is 0 Å². The second-order valence-corrected chi connectivity index (χ2v) is 2.40. The Labute approximate surface area is 73.4 Å². The van der Waals surface area contributed by atoms with Gasteiger partial charge in [-0.3, -0.25) is 0 Å². The predicted molar refractivity (Wildman–Crippen MR) is 54.0 cm³/mol. The summed E-state index contributed by atoms with van der Waals surface area (Å²) in [7, 11) is 0. The van der Waals surface area contributed by atoms with Crippen molar-refractivity contribution in [3.63, 3.8) is 0 Å². The van der Waals surface area contributed by atoms with Crippen molar-refractivity contribution in [2.24, 2.45) is 0 Å². The highest BCUT2D eigenvalue weighted by Gasteiger charge is 1.81. The topological polar surface area (TPSA) is 12.0 Å². The lowest BCUT2D eigenvalue weighted by Gasteiger charge is -1.96. The normalized spacial score (nSPS) is 11.1. The molecule has 0 bridgehead atoms. The number of hydrogen-bond donors (Lipinski definition) is 1. The van der Waals surface area contributed by atoms with E-state index in [9.17, 15) is 0 Å². The molecule has 1 nitrogen and oxygen atoms in total. The van der Waals surface area contributed by atoms with Crippen LogP contribution >= 0.6 is 0 Å². The lowest BCUT2D eigenvalue weighted by molar-refractivity contribution is 1.58. The molecular weight excluding hydrogens is 146 g/mol. The largest absolute Gasteiger partial charge is 0.362 e. The Balaban J connectivity index is 2.43. The van der Waals surface area contributed by atoms with Gasteiger partial charge in [0.05, 0.1) is 0 Å². The zero-order chi connectivity index (χ0) is 8.65. The molecule has 0 spiro atoms. The van der Waals surface area contributed by atoms with E-state index in [0.717, 1.165) is 5.69 Å². The third kappa shape index (κ3) is 3.06. The number of nitrogens with one attached hydrogen (secondary N) is 1. The van der Waals surface area contributed by atoms with Crippen LogP contribution in [0.25, 0.3) is 0 Å². The van der Waals surface area contributed by atoms with E-state index in [4.69, 9.17) is 0 Å². The molecule has 0 aliphatic rings. The van der Waals surface area contributed by atoms with Gasteiger partial charge in [-0.25, -0.2) is 0 Å². The Kier molecular flexibility index (Phi) is 3.72. The van der Waals surface area contributed by atoms with E-state index >= 15 is 0 Å². The fourth-order valence-corrected chi connectivity index (χ4v) is 0.845. The Morgan fingerprint density at radius 3 is 2.50 bits per heavy atom. The van der Waals surface area contributed by atoms with Crippen LogP contribution in [0.4, 0.5) is 5.69 Å². The van der Waals surface area contributed by atoms with Crippen LogP contribution in [0.15, 0.2) is 54.8 Å². The monoisotopic (exact) mass is 159 g/mol. The minimum Gasteiger partial charge on any atom is -0.362 e. The van der Waals surface area contributed by atoms with Crippen molar-refractivity contribution < 1.29 is 0 Å². The van der Waals surface area contributed by atoms with E-state index in [0.29, 0.717) is 0 Å². The maximum absolute atomic E-state index is 3.15. The van der Waals surface area contributed by atoms with Crippen molar-refractivity contribution in [2.45, 2.75) is 6.92 Å². The average Bonchev–Trinajstić information content (AvgIpc) is 2.14. The van der Waals surface area contributed by atoms with E-state index < -0.39 is 0 Å². The van der Waals surface area contributed by atoms with E-state index in [-0.39, 0.29) is 0 Å². The van der Waals surface area contributed by atoms with Crippen LogP contribution in [0.2, 0.25) is 0 Å². The highest BCUT2D eigenvalue weighted by atomic mass is 14.8. The van der Waals surface area contributed by atoms with Crippen molar-refractivity contribution in [2.75, 3.05) is 5.32 Å². The van der Waals surface area contributed by atoms with Crippen LogP contribution in [0, 0.1) is 0 Å². The van der Waals surface area contributed by atoms with Gasteiger partial charge in [0, 0.05) is 11.9 Å². The highest BCUT2D eigenvalue weighted by Crippen LogP contribution is 2.03. The molecule has 0 heterocycles. The molecule has 1 heteroatoms. The number of rotatable bonds is 3. The summed E-state index contributed by atoms with van der Waals surface area (Å²) in [6.07, 6.45) is 7.85. The molecule has 1 aromatic rings. The van der Waals surface area contributed by atoms with Gasteiger partial charge in [-0.05, 0) is 25.1 Å².